The number of esters is 1. The number of para-hydroxylation sites is 2. The summed E-state index contributed by atoms with van der Waals surface area (Å²) in [6.07, 6.45) is 3.47. The standard InChI is InChI=1S/C14H13N3O2S/c1-3-19-14(18)9-8-15-17-11-7-5-4-6-10(11)16-13(20-2)12(9)17/h4-8H,3H2,1-2H3. The maximum Gasteiger partial charge on any atom is 0.342 e. The first-order valence-corrected chi connectivity index (χ1v) is 7.46. The van der Waals surface area contributed by atoms with E-state index in [4.69, 9.17) is 4.74 Å². The van der Waals surface area contributed by atoms with Gasteiger partial charge in [-0.25, -0.2) is 14.3 Å². The lowest BCUT2D eigenvalue weighted by atomic mass is 10.2. The zero-order valence-electron chi connectivity index (χ0n) is 11.2. The number of ether oxygens (including phenoxy) is 1. The number of hydrogen-bond acceptors (Lipinski definition) is 5. The molecule has 0 N–H and O–H groups in total. The lowest BCUT2D eigenvalue weighted by molar-refractivity contribution is 0.0528. The van der Waals surface area contributed by atoms with Gasteiger partial charge in [-0.15, -0.1) is 11.8 Å². The second-order valence-corrected chi connectivity index (χ2v) is 4.94. The van der Waals surface area contributed by atoms with Crippen LogP contribution in [0, 0.1) is 0 Å². The highest BCUT2D eigenvalue weighted by molar-refractivity contribution is 7.98. The molecular weight excluding hydrogens is 274 g/mol. The summed E-state index contributed by atoms with van der Waals surface area (Å²) in [6.45, 7) is 2.12. The first kappa shape index (κ1) is 12.9. The normalized spacial score (nSPS) is 11.1. The first-order chi connectivity index (χ1) is 9.76. The van der Waals surface area contributed by atoms with Gasteiger partial charge in [0.05, 0.1) is 23.8 Å². The van der Waals surface area contributed by atoms with E-state index in [0.29, 0.717) is 17.7 Å². The Hall–Kier alpha value is -2.08. The van der Waals surface area contributed by atoms with Crippen LogP contribution in [-0.2, 0) is 4.74 Å². The minimum atomic E-state index is -0.366. The van der Waals surface area contributed by atoms with Gasteiger partial charge in [-0.2, -0.15) is 5.10 Å². The number of hydrogen-bond donors (Lipinski definition) is 0. The van der Waals surface area contributed by atoms with Crippen molar-refractivity contribution in [3.8, 4) is 0 Å². The minimum absolute atomic E-state index is 0.339. The summed E-state index contributed by atoms with van der Waals surface area (Å²) in [5, 5.41) is 5.09. The van der Waals surface area contributed by atoms with Crippen molar-refractivity contribution >= 4 is 34.3 Å². The van der Waals surface area contributed by atoms with Crippen molar-refractivity contribution in [2.24, 2.45) is 0 Å². The molecule has 0 bridgehead atoms. The molecule has 0 aliphatic rings. The monoisotopic (exact) mass is 287 g/mol. The van der Waals surface area contributed by atoms with E-state index in [9.17, 15) is 4.79 Å². The van der Waals surface area contributed by atoms with Crippen LogP contribution < -0.4 is 0 Å². The molecule has 0 saturated heterocycles. The van der Waals surface area contributed by atoms with Gasteiger partial charge in [0, 0.05) is 0 Å². The maximum atomic E-state index is 12.0. The Balaban J connectivity index is 2.35. The van der Waals surface area contributed by atoms with Crippen LogP contribution in [0.5, 0.6) is 0 Å². The third kappa shape index (κ3) is 1.92. The molecule has 3 aromatic rings. The molecule has 0 fully saturated rings. The third-order valence-electron chi connectivity index (χ3n) is 2.99. The molecule has 0 atom stereocenters. The van der Waals surface area contributed by atoms with Gasteiger partial charge in [0.15, 0.2) is 0 Å². The number of carbonyl (C=O) groups is 1. The zero-order chi connectivity index (χ0) is 14.1. The number of rotatable bonds is 3. The van der Waals surface area contributed by atoms with Crippen molar-refractivity contribution in [3.05, 3.63) is 36.0 Å². The van der Waals surface area contributed by atoms with Gasteiger partial charge in [-0.1, -0.05) is 12.1 Å². The molecule has 0 unspecified atom stereocenters. The molecule has 1 aromatic carbocycles. The Morgan fingerprint density at radius 2 is 2.20 bits per heavy atom. The summed E-state index contributed by atoms with van der Waals surface area (Å²) in [7, 11) is 0. The largest absolute Gasteiger partial charge is 0.462 e. The Morgan fingerprint density at radius 3 is 2.95 bits per heavy atom. The molecule has 2 heterocycles. The predicted octanol–water partition coefficient (Wildman–Crippen LogP) is 2.78. The minimum Gasteiger partial charge on any atom is -0.462 e. The molecule has 20 heavy (non-hydrogen) atoms. The molecule has 0 aliphatic heterocycles. The van der Waals surface area contributed by atoms with Crippen LogP contribution in [0.2, 0.25) is 0 Å². The van der Waals surface area contributed by atoms with E-state index in [1.165, 1.54) is 11.8 Å². The van der Waals surface area contributed by atoms with Crippen LogP contribution in [0.15, 0.2) is 35.5 Å². The summed E-state index contributed by atoms with van der Waals surface area (Å²) >= 11 is 1.49. The molecule has 0 saturated carbocycles. The molecule has 0 radical (unpaired) electrons. The number of carbonyl (C=O) groups excluding carboxylic acids is 1. The highest BCUT2D eigenvalue weighted by Crippen LogP contribution is 2.27. The van der Waals surface area contributed by atoms with Gasteiger partial charge in [0.1, 0.15) is 16.1 Å². The molecule has 102 valence electrons. The summed E-state index contributed by atoms with van der Waals surface area (Å²) in [5.41, 5.74) is 2.88. The second kappa shape index (κ2) is 5.13. The van der Waals surface area contributed by atoms with Gasteiger partial charge < -0.3 is 4.74 Å². The van der Waals surface area contributed by atoms with Crippen LogP contribution >= 0.6 is 11.8 Å². The predicted molar refractivity (Wildman–Crippen MR) is 78.2 cm³/mol. The van der Waals surface area contributed by atoms with E-state index in [-0.39, 0.29) is 5.97 Å². The van der Waals surface area contributed by atoms with Crippen LogP contribution in [0.3, 0.4) is 0 Å². The van der Waals surface area contributed by atoms with Gasteiger partial charge in [0.25, 0.3) is 0 Å². The van der Waals surface area contributed by atoms with Crippen LogP contribution in [0.25, 0.3) is 16.6 Å². The van der Waals surface area contributed by atoms with Crippen molar-refractivity contribution in [2.75, 3.05) is 12.9 Å². The Bertz CT molecular complexity index is 798. The highest BCUT2D eigenvalue weighted by Gasteiger charge is 2.19. The van der Waals surface area contributed by atoms with E-state index in [1.807, 2.05) is 30.5 Å². The quantitative estimate of drug-likeness (QED) is 0.547. The fourth-order valence-electron chi connectivity index (χ4n) is 2.14. The van der Waals surface area contributed by atoms with E-state index >= 15 is 0 Å². The fourth-order valence-corrected chi connectivity index (χ4v) is 2.72. The molecular formula is C14H13N3O2S. The van der Waals surface area contributed by atoms with Crippen molar-refractivity contribution in [3.63, 3.8) is 0 Å². The number of nitrogens with zero attached hydrogens (tertiary/aromatic N) is 3. The molecule has 2 aromatic heterocycles. The molecule has 5 nitrogen and oxygen atoms in total. The zero-order valence-corrected chi connectivity index (χ0v) is 12.0. The van der Waals surface area contributed by atoms with Crippen molar-refractivity contribution in [1.29, 1.82) is 0 Å². The van der Waals surface area contributed by atoms with Crippen LogP contribution in [0.4, 0.5) is 0 Å². The topological polar surface area (TPSA) is 56.5 Å². The summed E-state index contributed by atoms with van der Waals surface area (Å²) in [5.74, 6) is -0.366. The van der Waals surface area contributed by atoms with Gasteiger partial charge in [0.2, 0.25) is 0 Å². The van der Waals surface area contributed by atoms with Crippen molar-refractivity contribution in [2.45, 2.75) is 11.9 Å². The van der Waals surface area contributed by atoms with E-state index in [0.717, 1.165) is 16.1 Å². The second-order valence-electron chi connectivity index (χ2n) is 4.15. The molecule has 0 spiro atoms. The number of aromatic nitrogens is 3. The lowest BCUT2D eigenvalue weighted by Gasteiger charge is -2.06. The SMILES string of the molecule is CCOC(=O)c1cnn2c1c(SC)nc1ccccc12. The first-order valence-electron chi connectivity index (χ1n) is 6.24. The number of fused-ring (bicyclic) bond motifs is 3. The summed E-state index contributed by atoms with van der Waals surface area (Å²) in [4.78, 5) is 16.6. The lowest BCUT2D eigenvalue weighted by Crippen LogP contribution is -2.05. The van der Waals surface area contributed by atoms with Crippen molar-refractivity contribution < 1.29 is 9.53 Å². The third-order valence-corrected chi connectivity index (χ3v) is 3.66. The Morgan fingerprint density at radius 1 is 1.40 bits per heavy atom. The average molecular weight is 287 g/mol. The van der Waals surface area contributed by atoms with Gasteiger partial charge >= 0.3 is 5.97 Å². The smallest absolute Gasteiger partial charge is 0.342 e. The van der Waals surface area contributed by atoms with Gasteiger partial charge in [-0.05, 0) is 25.3 Å². The summed E-state index contributed by atoms with van der Waals surface area (Å²) < 4.78 is 6.83. The van der Waals surface area contributed by atoms with Crippen LogP contribution in [-0.4, -0.2) is 33.4 Å². The highest BCUT2D eigenvalue weighted by atomic mass is 32.2. The number of benzene rings is 1. The van der Waals surface area contributed by atoms with Crippen LogP contribution in [0.1, 0.15) is 17.3 Å². The molecule has 0 aliphatic carbocycles. The molecule has 0 amide bonds. The maximum absolute atomic E-state index is 12.0. The van der Waals surface area contributed by atoms with E-state index < -0.39 is 0 Å². The molecule has 6 heteroatoms. The Labute approximate surface area is 119 Å². The van der Waals surface area contributed by atoms with E-state index in [2.05, 4.69) is 10.1 Å². The van der Waals surface area contributed by atoms with Gasteiger partial charge in [-0.3, -0.25) is 0 Å². The fraction of sp³-hybridized carbons (Fsp3) is 0.214. The average Bonchev–Trinajstić information content (AvgIpc) is 2.92. The van der Waals surface area contributed by atoms with Crippen molar-refractivity contribution in [1.82, 2.24) is 14.6 Å². The Kier molecular flexibility index (Phi) is 3.31. The van der Waals surface area contributed by atoms with E-state index in [1.54, 1.807) is 17.6 Å². The molecule has 3 rings (SSSR count). The number of thioether (sulfide) groups is 1. The summed E-state index contributed by atoms with van der Waals surface area (Å²) in [6, 6.07) is 7.72.